The third-order valence-corrected chi connectivity index (χ3v) is 3.35. The van der Waals surface area contributed by atoms with Crippen molar-refractivity contribution in [2.24, 2.45) is 0 Å². The van der Waals surface area contributed by atoms with E-state index in [9.17, 15) is 4.79 Å². The Kier molecular flexibility index (Phi) is 3.44. The van der Waals surface area contributed by atoms with Gasteiger partial charge in [-0.25, -0.2) is 4.98 Å². The lowest BCUT2D eigenvalue weighted by Gasteiger charge is -2.33. The van der Waals surface area contributed by atoms with Crippen molar-refractivity contribution in [2.75, 3.05) is 6.54 Å². The molecule has 0 bridgehead atoms. The molecule has 0 spiro atoms. The molecule has 4 heteroatoms. The van der Waals surface area contributed by atoms with Crippen LogP contribution in [-0.4, -0.2) is 28.4 Å². The summed E-state index contributed by atoms with van der Waals surface area (Å²) in [6, 6.07) is 3.78. The number of nitrogens with zero attached hydrogens (tertiary/aromatic N) is 2. The number of rotatable bonds is 1. The van der Waals surface area contributed by atoms with Gasteiger partial charge in [0.1, 0.15) is 5.15 Å². The number of hydrogen-bond donors (Lipinski definition) is 0. The van der Waals surface area contributed by atoms with Crippen LogP contribution in [0.2, 0.25) is 5.15 Å². The molecule has 0 N–H and O–H groups in total. The fourth-order valence-corrected chi connectivity index (χ4v) is 2.30. The normalized spacial score (nSPS) is 20.9. The first-order chi connectivity index (χ1) is 7.70. The first-order valence-electron chi connectivity index (χ1n) is 5.61. The molecule has 1 amide bonds. The third-order valence-electron chi connectivity index (χ3n) is 3.05. The van der Waals surface area contributed by atoms with Gasteiger partial charge < -0.3 is 4.90 Å². The Morgan fingerprint density at radius 1 is 1.56 bits per heavy atom. The quantitative estimate of drug-likeness (QED) is 0.705. The van der Waals surface area contributed by atoms with Gasteiger partial charge in [0.2, 0.25) is 0 Å². The van der Waals surface area contributed by atoms with E-state index in [1.807, 2.05) is 4.90 Å². The van der Waals surface area contributed by atoms with Crippen LogP contribution in [0.15, 0.2) is 18.3 Å². The van der Waals surface area contributed by atoms with E-state index in [-0.39, 0.29) is 5.91 Å². The molecule has 0 radical (unpaired) electrons. The molecule has 0 aliphatic carbocycles. The van der Waals surface area contributed by atoms with E-state index < -0.39 is 0 Å². The summed E-state index contributed by atoms with van der Waals surface area (Å²) in [6.45, 7) is 2.91. The molecule has 1 aromatic rings. The number of carbonyl (C=O) groups is 1. The van der Waals surface area contributed by atoms with Gasteiger partial charge in [-0.3, -0.25) is 4.79 Å². The summed E-state index contributed by atoms with van der Waals surface area (Å²) < 4.78 is 0. The minimum atomic E-state index is 0.00491. The van der Waals surface area contributed by atoms with Crippen LogP contribution in [0.25, 0.3) is 0 Å². The topological polar surface area (TPSA) is 33.2 Å². The van der Waals surface area contributed by atoms with Crippen molar-refractivity contribution in [1.82, 2.24) is 9.88 Å². The van der Waals surface area contributed by atoms with Crippen LogP contribution in [0.1, 0.15) is 36.5 Å². The molecule has 86 valence electrons. The highest BCUT2D eigenvalue weighted by atomic mass is 35.5. The van der Waals surface area contributed by atoms with Crippen LogP contribution >= 0.6 is 11.6 Å². The number of halogens is 1. The highest BCUT2D eigenvalue weighted by Crippen LogP contribution is 2.21. The second-order valence-corrected chi connectivity index (χ2v) is 4.54. The van der Waals surface area contributed by atoms with Crippen LogP contribution in [0, 0.1) is 0 Å². The van der Waals surface area contributed by atoms with Gasteiger partial charge in [-0.05, 0) is 38.3 Å². The van der Waals surface area contributed by atoms with E-state index in [1.165, 1.54) is 6.42 Å². The maximum atomic E-state index is 12.2. The largest absolute Gasteiger partial charge is 0.336 e. The van der Waals surface area contributed by atoms with Crippen LogP contribution < -0.4 is 0 Å². The minimum absolute atomic E-state index is 0.00491. The molecule has 16 heavy (non-hydrogen) atoms. The molecule has 2 rings (SSSR count). The number of likely N-dealkylation sites (tertiary alicyclic amines) is 1. The van der Waals surface area contributed by atoms with Crippen molar-refractivity contribution in [3.8, 4) is 0 Å². The summed E-state index contributed by atoms with van der Waals surface area (Å²) in [5.74, 6) is 0.00491. The average molecular weight is 239 g/mol. The zero-order valence-electron chi connectivity index (χ0n) is 9.32. The molecular weight excluding hydrogens is 224 g/mol. The molecule has 1 fully saturated rings. The van der Waals surface area contributed by atoms with E-state index in [4.69, 9.17) is 11.6 Å². The van der Waals surface area contributed by atoms with E-state index >= 15 is 0 Å². The lowest BCUT2D eigenvalue weighted by atomic mass is 10.0. The molecule has 0 aromatic carbocycles. The van der Waals surface area contributed by atoms with E-state index in [0.29, 0.717) is 16.8 Å². The molecule has 1 aromatic heterocycles. The van der Waals surface area contributed by atoms with Crippen LogP contribution in [-0.2, 0) is 0 Å². The van der Waals surface area contributed by atoms with E-state index in [0.717, 1.165) is 19.4 Å². The minimum Gasteiger partial charge on any atom is -0.336 e. The second-order valence-electron chi connectivity index (χ2n) is 4.19. The van der Waals surface area contributed by atoms with Gasteiger partial charge in [-0.2, -0.15) is 0 Å². The summed E-state index contributed by atoms with van der Waals surface area (Å²) >= 11 is 5.93. The molecule has 0 saturated carbocycles. The Labute approximate surface area is 100 Å². The van der Waals surface area contributed by atoms with Crippen molar-refractivity contribution < 1.29 is 4.79 Å². The Balaban J connectivity index is 2.21. The fraction of sp³-hybridized carbons (Fsp3) is 0.500. The van der Waals surface area contributed by atoms with Gasteiger partial charge in [0.25, 0.3) is 5.91 Å². The van der Waals surface area contributed by atoms with Crippen LogP contribution in [0.5, 0.6) is 0 Å². The van der Waals surface area contributed by atoms with Crippen molar-refractivity contribution in [2.45, 2.75) is 32.2 Å². The average Bonchev–Trinajstić information content (AvgIpc) is 2.29. The van der Waals surface area contributed by atoms with Crippen LogP contribution in [0.4, 0.5) is 0 Å². The summed E-state index contributed by atoms with van der Waals surface area (Å²) in [4.78, 5) is 18.1. The number of pyridine rings is 1. The van der Waals surface area contributed by atoms with Crippen molar-refractivity contribution >= 4 is 17.5 Å². The predicted molar refractivity (Wildman–Crippen MR) is 63.6 cm³/mol. The zero-order valence-corrected chi connectivity index (χ0v) is 10.1. The summed E-state index contributed by atoms with van der Waals surface area (Å²) in [6.07, 6.45) is 4.95. The molecule has 1 aliphatic heterocycles. The summed E-state index contributed by atoms with van der Waals surface area (Å²) in [5.41, 5.74) is 0.512. The monoisotopic (exact) mass is 238 g/mol. The number of amides is 1. The maximum Gasteiger partial charge on any atom is 0.257 e. The van der Waals surface area contributed by atoms with Gasteiger partial charge in [0, 0.05) is 18.8 Å². The number of carbonyl (C=O) groups excluding carboxylic acids is 1. The second kappa shape index (κ2) is 4.83. The molecule has 2 heterocycles. The number of hydrogen-bond acceptors (Lipinski definition) is 2. The highest BCUT2D eigenvalue weighted by molar-refractivity contribution is 6.32. The van der Waals surface area contributed by atoms with Gasteiger partial charge in [-0.1, -0.05) is 11.6 Å². The Bertz CT molecular complexity index is 394. The van der Waals surface area contributed by atoms with Crippen molar-refractivity contribution in [3.63, 3.8) is 0 Å². The Morgan fingerprint density at radius 2 is 2.38 bits per heavy atom. The van der Waals surface area contributed by atoms with Gasteiger partial charge in [-0.15, -0.1) is 0 Å². The molecular formula is C12H15ClN2O. The summed E-state index contributed by atoms with van der Waals surface area (Å²) in [5, 5.41) is 0.297. The van der Waals surface area contributed by atoms with Gasteiger partial charge in [0.05, 0.1) is 5.56 Å². The Morgan fingerprint density at radius 3 is 3.06 bits per heavy atom. The zero-order chi connectivity index (χ0) is 11.5. The first kappa shape index (κ1) is 11.4. The highest BCUT2D eigenvalue weighted by Gasteiger charge is 2.25. The SMILES string of the molecule is C[C@H]1CCCCN1C(=O)c1cccnc1Cl. The molecule has 1 saturated heterocycles. The van der Waals surface area contributed by atoms with Crippen LogP contribution in [0.3, 0.4) is 0 Å². The standard InChI is InChI=1S/C12H15ClN2O/c1-9-5-2-3-8-15(9)12(16)10-6-4-7-14-11(10)13/h4,6-7,9H,2-3,5,8H2,1H3/t9-/m0/s1. The molecule has 1 aliphatic rings. The predicted octanol–water partition coefficient (Wildman–Crippen LogP) is 2.75. The van der Waals surface area contributed by atoms with Crippen molar-refractivity contribution in [3.05, 3.63) is 29.0 Å². The number of piperidine rings is 1. The first-order valence-corrected chi connectivity index (χ1v) is 5.99. The number of aromatic nitrogens is 1. The maximum absolute atomic E-state index is 12.2. The molecule has 0 unspecified atom stereocenters. The summed E-state index contributed by atoms with van der Waals surface area (Å²) in [7, 11) is 0. The van der Waals surface area contributed by atoms with Gasteiger partial charge in [0.15, 0.2) is 0 Å². The molecule has 1 atom stereocenters. The lowest BCUT2D eigenvalue weighted by molar-refractivity contribution is 0.0635. The molecule has 3 nitrogen and oxygen atoms in total. The lowest BCUT2D eigenvalue weighted by Crippen LogP contribution is -2.42. The Hall–Kier alpha value is -1.09. The van der Waals surface area contributed by atoms with E-state index in [2.05, 4.69) is 11.9 Å². The fourth-order valence-electron chi connectivity index (χ4n) is 2.10. The van der Waals surface area contributed by atoms with Crippen molar-refractivity contribution in [1.29, 1.82) is 0 Å². The third kappa shape index (κ3) is 2.19. The van der Waals surface area contributed by atoms with E-state index in [1.54, 1.807) is 18.3 Å². The smallest absolute Gasteiger partial charge is 0.257 e. The van der Waals surface area contributed by atoms with Gasteiger partial charge >= 0.3 is 0 Å².